The van der Waals surface area contributed by atoms with Crippen LogP contribution in [0.2, 0.25) is 0 Å². The van der Waals surface area contributed by atoms with Crippen LogP contribution in [-0.2, 0) is 0 Å². The molecule has 0 radical (unpaired) electrons. The normalized spacial score (nSPS) is 25.1. The molecule has 1 saturated carbocycles. The van der Waals surface area contributed by atoms with Gasteiger partial charge in [0.2, 0.25) is 0 Å². The summed E-state index contributed by atoms with van der Waals surface area (Å²) in [5.41, 5.74) is 0. The van der Waals surface area contributed by atoms with E-state index in [9.17, 15) is 0 Å². The molecule has 0 aromatic carbocycles. The van der Waals surface area contributed by atoms with E-state index in [1.54, 1.807) is 0 Å². The lowest BCUT2D eigenvalue weighted by atomic mass is 9.96. The number of piperidine rings is 1. The minimum absolute atomic E-state index is 0.951. The Bertz CT molecular complexity index is 191. The Labute approximate surface area is 107 Å². The molecule has 2 heteroatoms. The van der Waals surface area contributed by atoms with Crippen molar-refractivity contribution in [1.29, 1.82) is 0 Å². The summed E-state index contributed by atoms with van der Waals surface area (Å²) in [5, 5.41) is 3.46. The zero-order valence-electron chi connectivity index (χ0n) is 11.6. The molecule has 0 unspecified atom stereocenters. The standard InChI is InChI=1S/C15H30N2/c1-17(13-15-8-10-16-11-9-15)12-14-6-4-2-3-5-7-14/h14-16H,2-13H2,1H3. The first-order valence-electron chi connectivity index (χ1n) is 7.74. The highest BCUT2D eigenvalue weighted by molar-refractivity contribution is 4.73. The Morgan fingerprint density at radius 1 is 0.824 bits per heavy atom. The zero-order valence-corrected chi connectivity index (χ0v) is 11.6. The van der Waals surface area contributed by atoms with Crippen LogP contribution in [0.4, 0.5) is 0 Å². The summed E-state index contributed by atoms with van der Waals surface area (Å²) in [6.45, 7) is 5.16. The van der Waals surface area contributed by atoms with Crippen LogP contribution in [0.25, 0.3) is 0 Å². The average Bonchev–Trinajstić information content (AvgIpc) is 2.59. The van der Waals surface area contributed by atoms with Gasteiger partial charge in [-0.3, -0.25) is 0 Å². The molecule has 0 bridgehead atoms. The molecule has 100 valence electrons. The Morgan fingerprint density at radius 2 is 1.35 bits per heavy atom. The van der Waals surface area contributed by atoms with Gasteiger partial charge in [-0.1, -0.05) is 25.7 Å². The first-order valence-corrected chi connectivity index (χ1v) is 7.74. The van der Waals surface area contributed by atoms with E-state index in [4.69, 9.17) is 0 Å². The average molecular weight is 238 g/mol. The van der Waals surface area contributed by atoms with Crippen LogP contribution in [0.3, 0.4) is 0 Å². The van der Waals surface area contributed by atoms with Crippen molar-refractivity contribution in [1.82, 2.24) is 10.2 Å². The Balaban J connectivity index is 1.66. The SMILES string of the molecule is CN(CC1CCCCCC1)CC1CCNCC1. The molecule has 1 heterocycles. The largest absolute Gasteiger partial charge is 0.317 e. The van der Waals surface area contributed by atoms with Crippen molar-refractivity contribution in [2.24, 2.45) is 11.8 Å². The smallest absolute Gasteiger partial charge is 0.000767 e. The molecule has 0 spiro atoms. The molecule has 1 aliphatic heterocycles. The molecule has 2 nitrogen and oxygen atoms in total. The van der Waals surface area contributed by atoms with Gasteiger partial charge in [0.05, 0.1) is 0 Å². The molecular formula is C15H30N2. The van der Waals surface area contributed by atoms with Crippen molar-refractivity contribution in [2.75, 3.05) is 33.2 Å². The Kier molecular flexibility index (Phi) is 5.79. The number of nitrogens with one attached hydrogen (secondary N) is 1. The van der Waals surface area contributed by atoms with E-state index < -0.39 is 0 Å². The highest BCUT2D eigenvalue weighted by Gasteiger charge is 2.18. The van der Waals surface area contributed by atoms with Gasteiger partial charge in [-0.05, 0) is 57.7 Å². The first kappa shape index (κ1) is 13.4. The summed E-state index contributed by atoms with van der Waals surface area (Å²) in [4.78, 5) is 2.62. The first-order chi connectivity index (χ1) is 8.34. The maximum atomic E-state index is 3.46. The third-order valence-corrected chi connectivity index (χ3v) is 4.57. The van der Waals surface area contributed by atoms with Gasteiger partial charge >= 0.3 is 0 Å². The second-order valence-corrected chi connectivity index (χ2v) is 6.27. The number of nitrogens with zero attached hydrogens (tertiary/aromatic N) is 1. The summed E-state index contributed by atoms with van der Waals surface area (Å²) in [6.07, 6.45) is 11.7. The quantitative estimate of drug-likeness (QED) is 0.758. The summed E-state index contributed by atoms with van der Waals surface area (Å²) < 4.78 is 0. The number of hydrogen-bond donors (Lipinski definition) is 1. The summed E-state index contributed by atoms with van der Waals surface area (Å²) >= 11 is 0. The van der Waals surface area contributed by atoms with Gasteiger partial charge in [0.25, 0.3) is 0 Å². The van der Waals surface area contributed by atoms with Crippen molar-refractivity contribution >= 4 is 0 Å². The van der Waals surface area contributed by atoms with Crippen molar-refractivity contribution in [3.63, 3.8) is 0 Å². The second kappa shape index (κ2) is 7.38. The minimum Gasteiger partial charge on any atom is -0.317 e. The molecular weight excluding hydrogens is 208 g/mol. The maximum absolute atomic E-state index is 3.46. The van der Waals surface area contributed by atoms with E-state index in [1.165, 1.54) is 77.5 Å². The van der Waals surface area contributed by atoms with Crippen LogP contribution in [-0.4, -0.2) is 38.1 Å². The van der Waals surface area contributed by atoms with Gasteiger partial charge in [0.1, 0.15) is 0 Å². The molecule has 1 N–H and O–H groups in total. The molecule has 0 atom stereocenters. The Morgan fingerprint density at radius 3 is 1.94 bits per heavy atom. The fourth-order valence-corrected chi connectivity index (χ4v) is 3.57. The fourth-order valence-electron chi connectivity index (χ4n) is 3.57. The molecule has 2 rings (SSSR count). The van der Waals surface area contributed by atoms with Crippen LogP contribution >= 0.6 is 0 Å². The van der Waals surface area contributed by atoms with E-state index in [-0.39, 0.29) is 0 Å². The lowest BCUT2D eigenvalue weighted by Crippen LogP contribution is -2.36. The molecule has 0 aromatic heterocycles. The summed E-state index contributed by atoms with van der Waals surface area (Å²) in [6, 6.07) is 0. The topological polar surface area (TPSA) is 15.3 Å². The van der Waals surface area contributed by atoms with E-state index in [1.807, 2.05) is 0 Å². The van der Waals surface area contributed by atoms with Crippen LogP contribution in [0, 0.1) is 11.8 Å². The number of hydrogen-bond acceptors (Lipinski definition) is 2. The highest BCUT2D eigenvalue weighted by atomic mass is 15.1. The Hall–Kier alpha value is -0.0800. The molecule has 0 aromatic rings. The summed E-state index contributed by atoms with van der Waals surface area (Å²) in [7, 11) is 2.34. The third-order valence-electron chi connectivity index (χ3n) is 4.57. The predicted octanol–water partition coefficient (Wildman–Crippen LogP) is 2.89. The van der Waals surface area contributed by atoms with Crippen LogP contribution in [0.5, 0.6) is 0 Å². The maximum Gasteiger partial charge on any atom is 0.000767 e. The van der Waals surface area contributed by atoms with Gasteiger partial charge in [-0.15, -0.1) is 0 Å². The van der Waals surface area contributed by atoms with Crippen molar-refractivity contribution in [3.05, 3.63) is 0 Å². The molecule has 2 aliphatic rings. The molecule has 1 saturated heterocycles. The van der Waals surface area contributed by atoms with Gasteiger partial charge in [-0.25, -0.2) is 0 Å². The lowest BCUT2D eigenvalue weighted by molar-refractivity contribution is 0.205. The van der Waals surface area contributed by atoms with Crippen molar-refractivity contribution in [3.8, 4) is 0 Å². The van der Waals surface area contributed by atoms with E-state index in [0.717, 1.165) is 11.8 Å². The van der Waals surface area contributed by atoms with E-state index >= 15 is 0 Å². The highest BCUT2D eigenvalue weighted by Crippen LogP contribution is 2.24. The fraction of sp³-hybridized carbons (Fsp3) is 1.00. The van der Waals surface area contributed by atoms with E-state index in [2.05, 4.69) is 17.3 Å². The molecule has 0 amide bonds. The minimum atomic E-state index is 0.951. The molecule has 2 fully saturated rings. The van der Waals surface area contributed by atoms with Crippen LogP contribution < -0.4 is 5.32 Å². The van der Waals surface area contributed by atoms with Gasteiger partial charge in [0.15, 0.2) is 0 Å². The molecule has 17 heavy (non-hydrogen) atoms. The molecule has 1 aliphatic carbocycles. The zero-order chi connectivity index (χ0) is 11.9. The van der Waals surface area contributed by atoms with Crippen molar-refractivity contribution in [2.45, 2.75) is 51.4 Å². The monoisotopic (exact) mass is 238 g/mol. The predicted molar refractivity (Wildman–Crippen MR) is 74.3 cm³/mol. The van der Waals surface area contributed by atoms with Crippen LogP contribution in [0.15, 0.2) is 0 Å². The van der Waals surface area contributed by atoms with Crippen LogP contribution in [0.1, 0.15) is 51.4 Å². The third kappa shape index (κ3) is 4.97. The summed E-state index contributed by atoms with van der Waals surface area (Å²) in [5.74, 6) is 1.94. The van der Waals surface area contributed by atoms with E-state index in [0.29, 0.717) is 0 Å². The van der Waals surface area contributed by atoms with Crippen molar-refractivity contribution < 1.29 is 0 Å². The van der Waals surface area contributed by atoms with Gasteiger partial charge < -0.3 is 10.2 Å². The number of rotatable bonds is 4. The van der Waals surface area contributed by atoms with Gasteiger partial charge in [0, 0.05) is 13.1 Å². The van der Waals surface area contributed by atoms with Gasteiger partial charge in [-0.2, -0.15) is 0 Å². The second-order valence-electron chi connectivity index (χ2n) is 6.27. The lowest BCUT2D eigenvalue weighted by Gasteiger charge is -2.29.